The van der Waals surface area contributed by atoms with E-state index in [0.29, 0.717) is 0 Å². The SMILES string of the molecule is ClC1Cc2ccccc2C(c2ccccc2)=N1. The van der Waals surface area contributed by atoms with Crippen LogP contribution < -0.4 is 0 Å². The highest BCUT2D eigenvalue weighted by Gasteiger charge is 2.19. The number of alkyl halides is 1. The fourth-order valence-electron chi connectivity index (χ4n) is 2.19. The molecule has 0 saturated carbocycles. The van der Waals surface area contributed by atoms with Crippen LogP contribution >= 0.6 is 11.6 Å². The van der Waals surface area contributed by atoms with Gasteiger partial charge >= 0.3 is 0 Å². The smallest absolute Gasteiger partial charge is 0.128 e. The molecule has 0 radical (unpaired) electrons. The van der Waals surface area contributed by atoms with Crippen molar-refractivity contribution in [2.75, 3.05) is 0 Å². The highest BCUT2D eigenvalue weighted by Crippen LogP contribution is 2.24. The standard InChI is InChI=1S/C15H12ClN/c16-14-10-12-8-4-5-9-13(12)15(17-14)11-6-2-1-3-7-11/h1-9,14H,10H2. The molecule has 1 atom stereocenters. The first-order chi connectivity index (χ1) is 8.34. The lowest BCUT2D eigenvalue weighted by molar-refractivity contribution is 0.871. The van der Waals surface area contributed by atoms with Gasteiger partial charge in [-0.2, -0.15) is 0 Å². The Hall–Kier alpha value is -1.60. The molecule has 0 bridgehead atoms. The highest BCUT2D eigenvalue weighted by atomic mass is 35.5. The second-order valence-electron chi connectivity index (χ2n) is 4.14. The summed E-state index contributed by atoms with van der Waals surface area (Å²) in [5.74, 6) is 0. The first-order valence-electron chi connectivity index (χ1n) is 5.70. The van der Waals surface area contributed by atoms with Gasteiger partial charge < -0.3 is 0 Å². The van der Waals surface area contributed by atoms with E-state index in [4.69, 9.17) is 11.6 Å². The minimum absolute atomic E-state index is 0.153. The average Bonchev–Trinajstić information content (AvgIpc) is 2.39. The van der Waals surface area contributed by atoms with Gasteiger partial charge in [-0.1, -0.05) is 66.2 Å². The molecule has 1 unspecified atom stereocenters. The van der Waals surface area contributed by atoms with Crippen molar-refractivity contribution in [1.82, 2.24) is 0 Å². The monoisotopic (exact) mass is 241 g/mol. The van der Waals surface area contributed by atoms with Gasteiger partial charge in [-0.15, -0.1) is 0 Å². The summed E-state index contributed by atoms with van der Waals surface area (Å²) in [5, 5.41) is 0. The zero-order valence-electron chi connectivity index (χ0n) is 9.31. The summed E-state index contributed by atoms with van der Waals surface area (Å²) in [6.07, 6.45) is 0.814. The van der Waals surface area contributed by atoms with E-state index >= 15 is 0 Å². The van der Waals surface area contributed by atoms with Gasteiger partial charge in [0.05, 0.1) is 5.71 Å². The minimum atomic E-state index is -0.153. The van der Waals surface area contributed by atoms with Crippen molar-refractivity contribution in [3.63, 3.8) is 0 Å². The van der Waals surface area contributed by atoms with Gasteiger partial charge in [-0.05, 0) is 5.56 Å². The van der Waals surface area contributed by atoms with Gasteiger partial charge in [0.25, 0.3) is 0 Å². The van der Waals surface area contributed by atoms with E-state index < -0.39 is 0 Å². The molecule has 1 aliphatic rings. The maximum absolute atomic E-state index is 6.20. The zero-order valence-corrected chi connectivity index (χ0v) is 10.1. The molecule has 3 rings (SSSR count). The van der Waals surface area contributed by atoms with E-state index in [1.807, 2.05) is 24.3 Å². The summed E-state index contributed by atoms with van der Waals surface area (Å²) in [6.45, 7) is 0. The van der Waals surface area contributed by atoms with Crippen LogP contribution in [0.2, 0.25) is 0 Å². The van der Waals surface area contributed by atoms with Gasteiger partial charge in [0.2, 0.25) is 0 Å². The van der Waals surface area contributed by atoms with E-state index in [-0.39, 0.29) is 5.50 Å². The van der Waals surface area contributed by atoms with E-state index in [0.717, 1.165) is 17.7 Å². The molecular weight excluding hydrogens is 230 g/mol. The Morgan fingerprint density at radius 1 is 0.941 bits per heavy atom. The predicted octanol–water partition coefficient (Wildman–Crippen LogP) is 3.65. The lowest BCUT2D eigenvalue weighted by Gasteiger charge is -2.20. The molecule has 0 saturated heterocycles. The van der Waals surface area contributed by atoms with Crippen molar-refractivity contribution in [1.29, 1.82) is 0 Å². The lowest BCUT2D eigenvalue weighted by Crippen LogP contribution is -2.18. The molecule has 0 amide bonds. The van der Waals surface area contributed by atoms with Crippen LogP contribution in [0.15, 0.2) is 59.6 Å². The third-order valence-corrected chi connectivity index (χ3v) is 3.23. The van der Waals surface area contributed by atoms with Gasteiger partial charge in [-0.3, -0.25) is 4.99 Å². The number of rotatable bonds is 1. The quantitative estimate of drug-likeness (QED) is 0.534. The third kappa shape index (κ3) is 1.98. The zero-order chi connectivity index (χ0) is 11.7. The van der Waals surface area contributed by atoms with Gasteiger partial charge in [0, 0.05) is 17.5 Å². The fourth-order valence-corrected chi connectivity index (χ4v) is 2.46. The lowest BCUT2D eigenvalue weighted by atomic mass is 9.93. The first-order valence-corrected chi connectivity index (χ1v) is 6.14. The summed E-state index contributed by atoms with van der Waals surface area (Å²) in [4.78, 5) is 4.58. The summed E-state index contributed by atoms with van der Waals surface area (Å²) in [7, 11) is 0. The number of hydrogen-bond acceptors (Lipinski definition) is 1. The van der Waals surface area contributed by atoms with Crippen LogP contribution in [0.4, 0.5) is 0 Å². The second-order valence-corrected chi connectivity index (χ2v) is 4.64. The summed E-state index contributed by atoms with van der Waals surface area (Å²) >= 11 is 6.20. The maximum Gasteiger partial charge on any atom is 0.128 e. The Morgan fingerprint density at radius 3 is 2.47 bits per heavy atom. The van der Waals surface area contributed by atoms with Crippen molar-refractivity contribution in [3.05, 3.63) is 71.3 Å². The summed E-state index contributed by atoms with van der Waals surface area (Å²) in [6, 6.07) is 18.6. The van der Waals surface area contributed by atoms with Gasteiger partial charge in [0.15, 0.2) is 0 Å². The van der Waals surface area contributed by atoms with Crippen LogP contribution in [0.1, 0.15) is 16.7 Å². The number of halogens is 1. The van der Waals surface area contributed by atoms with Crippen molar-refractivity contribution in [3.8, 4) is 0 Å². The largest absolute Gasteiger partial charge is 0.264 e. The van der Waals surface area contributed by atoms with Gasteiger partial charge in [-0.25, -0.2) is 0 Å². The number of fused-ring (bicyclic) bond motifs is 1. The molecule has 1 heterocycles. The molecule has 0 fully saturated rings. The molecule has 0 aliphatic carbocycles. The minimum Gasteiger partial charge on any atom is -0.264 e. The molecule has 0 aromatic heterocycles. The molecule has 1 aliphatic heterocycles. The van der Waals surface area contributed by atoms with Crippen LogP contribution in [0.25, 0.3) is 0 Å². The normalized spacial score (nSPS) is 18.4. The van der Waals surface area contributed by atoms with Crippen LogP contribution in [0.3, 0.4) is 0 Å². The van der Waals surface area contributed by atoms with E-state index in [2.05, 4.69) is 35.3 Å². The Morgan fingerprint density at radius 2 is 1.65 bits per heavy atom. The fraction of sp³-hybridized carbons (Fsp3) is 0.133. The third-order valence-electron chi connectivity index (χ3n) is 2.98. The topological polar surface area (TPSA) is 12.4 Å². The Balaban J connectivity index is 2.16. The Bertz CT molecular complexity index is 560. The maximum atomic E-state index is 6.20. The van der Waals surface area contributed by atoms with Crippen LogP contribution in [-0.4, -0.2) is 11.2 Å². The van der Waals surface area contributed by atoms with Crippen molar-refractivity contribution < 1.29 is 0 Å². The summed E-state index contributed by atoms with van der Waals surface area (Å²) < 4.78 is 0. The van der Waals surface area contributed by atoms with E-state index in [1.54, 1.807) is 0 Å². The average molecular weight is 242 g/mol. The van der Waals surface area contributed by atoms with Crippen molar-refractivity contribution in [2.45, 2.75) is 11.9 Å². The van der Waals surface area contributed by atoms with E-state index in [9.17, 15) is 0 Å². The molecule has 0 spiro atoms. The molecular formula is C15H12ClN. The van der Waals surface area contributed by atoms with E-state index in [1.165, 1.54) is 11.1 Å². The number of aliphatic imine (C=N–C) groups is 1. The van der Waals surface area contributed by atoms with Gasteiger partial charge in [0.1, 0.15) is 5.50 Å². The first kappa shape index (κ1) is 10.5. The number of nitrogens with zero attached hydrogens (tertiary/aromatic N) is 1. The Labute approximate surface area is 106 Å². The molecule has 1 nitrogen and oxygen atoms in total. The molecule has 0 N–H and O–H groups in total. The van der Waals surface area contributed by atoms with Crippen molar-refractivity contribution >= 4 is 17.3 Å². The Kier molecular flexibility index (Phi) is 2.69. The molecule has 2 heteroatoms. The highest BCUT2D eigenvalue weighted by molar-refractivity contribution is 6.24. The van der Waals surface area contributed by atoms with Crippen molar-refractivity contribution in [2.24, 2.45) is 4.99 Å². The second kappa shape index (κ2) is 4.34. The molecule has 17 heavy (non-hydrogen) atoms. The van der Waals surface area contributed by atoms with Crippen LogP contribution in [-0.2, 0) is 6.42 Å². The molecule has 2 aromatic rings. The molecule has 2 aromatic carbocycles. The number of hydrogen-bond donors (Lipinski definition) is 0. The van der Waals surface area contributed by atoms with Crippen LogP contribution in [0.5, 0.6) is 0 Å². The predicted molar refractivity (Wildman–Crippen MR) is 71.9 cm³/mol. The molecule has 84 valence electrons. The van der Waals surface area contributed by atoms with Crippen LogP contribution in [0, 0.1) is 0 Å². The summed E-state index contributed by atoms with van der Waals surface area (Å²) in [5.41, 5.74) is 4.47. The number of benzene rings is 2.